The fourth-order valence-corrected chi connectivity index (χ4v) is 1.96. The average molecular weight is 250 g/mol. The summed E-state index contributed by atoms with van der Waals surface area (Å²) in [5, 5.41) is 6.54. The summed E-state index contributed by atoms with van der Waals surface area (Å²) < 4.78 is 5.55. The lowest BCUT2D eigenvalue weighted by Crippen LogP contribution is -2.25. The molecule has 0 spiro atoms. The van der Waals surface area contributed by atoms with Crippen LogP contribution >= 0.6 is 0 Å². The van der Waals surface area contributed by atoms with Crippen molar-refractivity contribution < 1.29 is 4.74 Å². The Labute approximate surface area is 108 Å². The topological polar surface area (TPSA) is 59.1 Å². The van der Waals surface area contributed by atoms with E-state index in [0.717, 1.165) is 38.2 Å². The molecule has 0 aromatic carbocycles. The first-order chi connectivity index (χ1) is 8.88. The number of aromatic nitrogens is 2. The SMILES string of the molecule is CCCNc1ncc(CNCC2CCCO2)cn1. The Hall–Kier alpha value is -1.20. The monoisotopic (exact) mass is 250 g/mol. The lowest BCUT2D eigenvalue weighted by Gasteiger charge is -2.10. The number of hydrogen-bond acceptors (Lipinski definition) is 5. The standard InChI is InChI=1S/C13H22N4O/c1-2-5-15-13-16-8-11(9-17-13)7-14-10-12-4-3-6-18-12/h8-9,12,14H,2-7,10H2,1H3,(H,15,16,17). The third kappa shape index (κ3) is 4.23. The van der Waals surface area contributed by atoms with Crippen LogP contribution in [0.1, 0.15) is 31.7 Å². The van der Waals surface area contributed by atoms with Crippen molar-refractivity contribution >= 4 is 5.95 Å². The van der Waals surface area contributed by atoms with E-state index in [0.29, 0.717) is 12.1 Å². The molecule has 2 rings (SSSR count). The van der Waals surface area contributed by atoms with Gasteiger partial charge in [0, 0.05) is 44.2 Å². The summed E-state index contributed by atoms with van der Waals surface area (Å²) in [6.07, 6.45) is 7.56. The minimum absolute atomic E-state index is 0.386. The number of nitrogens with zero attached hydrogens (tertiary/aromatic N) is 2. The van der Waals surface area contributed by atoms with Gasteiger partial charge < -0.3 is 15.4 Å². The first-order valence-corrected chi connectivity index (χ1v) is 6.75. The second-order valence-electron chi connectivity index (χ2n) is 4.61. The molecule has 1 aliphatic rings. The Morgan fingerprint density at radius 2 is 2.22 bits per heavy atom. The molecule has 2 heterocycles. The summed E-state index contributed by atoms with van der Waals surface area (Å²) >= 11 is 0. The molecule has 1 unspecified atom stereocenters. The maximum atomic E-state index is 5.55. The molecule has 1 atom stereocenters. The molecule has 100 valence electrons. The lowest BCUT2D eigenvalue weighted by molar-refractivity contribution is 0.110. The van der Waals surface area contributed by atoms with Crippen molar-refractivity contribution in [1.82, 2.24) is 15.3 Å². The van der Waals surface area contributed by atoms with E-state index in [9.17, 15) is 0 Å². The second kappa shape index (κ2) is 7.28. The Balaban J connectivity index is 1.68. The molecule has 1 fully saturated rings. The first kappa shape index (κ1) is 13.2. The Morgan fingerprint density at radius 1 is 1.39 bits per heavy atom. The molecule has 0 saturated carbocycles. The van der Waals surface area contributed by atoms with E-state index in [1.54, 1.807) is 0 Å². The fourth-order valence-electron chi connectivity index (χ4n) is 1.96. The highest BCUT2D eigenvalue weighted by atomic mass is 16.5. The number of hydrogen-bond donors (Lipinski definition) is 2. The third-order valence-electron chi connectivity index (χ3n) is 2.96. The van der Waals surface area contributed by atoms with Gasteiger partial charge in [0.2, 0.25) is 5.95 Å². The van der Waals surface area contributed by atoms with E-state index in [4.69, 9.17) is 4.74 Å². The predicted octanol–water partition coefficient (Wildman–Crippen LogP) is 1.57. The van der Waals surface area contributed by atoms with Crippen molar-refractivity contribution in [2.24, 2.45) is 0 Å². The Morgan fingerprint density at radius 3 is 2.89 bits per heavy atom. The summed E-state index contributed by atoms with van der Waals surface area (Å²) in [7, 11) is 0. The van der Waals surface area contributed by atoms with Gasteiger partial charge in [-0.05, 0) is 19.3 Å². The van der Waals surface area contributed by atoms with Crippen LogP contribution in [0.2, 0.25) is 0 Å². The van der Waals surface area contributed by atoms with Crippen LogP contribution in [0.3, 0.4) is 0 Å². The highest BCUT2D eigenvalue weighted by molar-refractivity contribution is 5.24. The van der Waals surface area contributed by atoms with Gasteiger partial charge in [0.05, 0.1) is 6.10 Å². The predicted molar refractivity (Wildman–Crippen MR) is 71.5 cm³/mol. The summed E-state index contributed by atoms with van der Waals surface area (Å²) in [5.41, 5.74) is 1.11. The number of anilines is 1. The Bertz CT molecular complexity index is 335. The molecule has 18 heavy (non-hydrogen) atoms. The van der Waals surface area contributed by atoms with Crippen LogP contribution in [0.15, 0.2) is 12.4 Å². The summed E-state index contributed by atoms with van der Waals surface area (Å²) in [6.45, 7) is 5.66. The zero-order chi connectivity index (χ0) is 12.6. The van der Waals surface area contributed by atoms with E-state index < -0.39 is 0 Å². The largest absolute Gasteiger partial charge is 0.377 e. The molecule has 2 N–H and O–H groups in total. The zero-order valence-electron chi connectivity index (χ0n) is 11.0. The maximum absolute atomic E-state index is 5.55. The number of rotatable bonds is 7. The van der Waals surface area contributed by atoms with Crippen LogP contribution < -0.4 is 10.6 Å². The fraction of sp³-hybridized carbons (Fsp3) is 0.692. The molecule has 1 saturated heterocycles. The lowest BCUT2D eigenvalue weighted by atomic mass is 10.2. The van der Waals surface area contributed by atoms with Gasteiger partial charge in [-0.1, -0.05) is 6.92 Å². The van der Waals surface area contributed by atoms with Crippen molar-refractivity contribution in [3.05, 3.63) is 18.0 Å². The quantitative estimate of drug-likeness (QED) is 0.769. The van der Waals surface area contributed by atoms with Gasteiger partial charge in [-0.15, -0.1) is 0 Å². The van der Waals surface area contributed by atoms with Gasteiger partial charge in [-0.2, -0.15) is 0 Å². The van der Waals surface area contributed by atoms with Crippen LogP contribution in [0.5, 0.6) is 0 Å². The molecule has 5 nitrogen and oxygen atoms in total. The second-order valence-corrected chi connectivity index (χ2v) is 4.61. The average Bonchev–Trinajstić information content (AvgIpc) is 2.91. The molecule has 0 radical (unpaired) electrons. The van der Waals surface area contributed by atoms with Crippen LogP contribution in [-0.4, -0.2) is 35.8 Å². The molecular formula is C13H22N4O. The number of ether oxygens (including phenoxy) is 1. The van der Waals surface area contributed by atoms with E-state index >= 15 is 0 Å². The summed E-state index contributed by atoms with van der Waals surface area (Å²) in [5.74, 6) is 0.708. The van der Waals surface area contributed by atoms with Crippen LogP contribution in [0.4, 0.5) is 5.95 Å². The molecule has 1 aromatic rings. The summed E-state index contributed by atoms with van der Waals surface area (Å²) in [6, 6.07) is 0. The van der Waals surface area contributed by atoms with Gasteiger partial charge in [-0.3, -0.25) is 0 Å². The van der Waals surface area contributed by atoms with E-state index in [1.165, 1.54) is 12.8 Å². The molecular weight excluding hydrogens is 228 g/mol. The molecule has 0 bridgehead atoms. The molecule has 0 aliphatic carbocycles. The molecule has 5 heteroatoms. The van der Waals surface area contributed by atoms with Gasteiger partial charge in [0.15, 0.2) is 0 Å². The first-order valence-electron chi connectivity index (χ1n) is 6.75. The van der Waals surface area contributed by atoms with E-state index in [2.05, 4.69) is 27.5 Å². The Kier molecular flexibility index (Phi) is 5.36. The minimum atomic E-state index is 0.386. The van der Waals surface area contributed by atoms with Crippen molar-refractivity contribution in [2.45, 2.75) is 38.8 Å². The molecule has 1 aromatic heterocycles. The van der Waals surface area contributed by atoms with Crippen LogP contribution in [-0.2, 0) is 11.3 Å². The van der Waals surface area contributed by atoms with Crippen LogP contribution in [0.25, 0.3) is 0 Å². The highest BCUT2D eigenvalue weighted by Crippen LogP contribution is 2.10. The third-order valence-corrected chi connectivity index (χ3v) is 2.96. The van der Waals surface area contributed by atoms with Gasteiger partial charge in [0.25, 0.3) is 0 Å². The van der Waals surface area contributed by atoms with E-state index in [1.807, 2.05) is 12.4 Å². The maximum Gasteiger partial charge on any atom is 0.222 e. The molecule has 0 amide bonds. The van der Waals surface area contributed by atoms with E-state index in [-0.39, 0.29) is 0 Å². The zero-order valence-corrected chi connectivity index (χ0v) is 11.0. The minimum Gasteiger partial charge on any atom is -0.377 e. The van der Waals surface area contributed by atoms with Crippen molar-refractivity contribution in [3.63, 3.8) is 0 Å². The van der Waals surface area contributed by atoms with Crippen molar-refractivity contribution in [1.29, 1.82) is 0 Å². The van der Waals surface area contributed by atoms with Gasteiger partial charge in [0.1, 0.15) is 0 Å². The van der Waals surface area contributed by atoms with Crippen LogP contribution in [0, 0.1) is 0 Å². The molecule has 1 aliphatic heterocycles. The van der Waals surface area contributed by atoms with Gasteiger partial charge >= 0.3 is 0 Å². The normalized spacial score (nSPS) is 19.1. The number of nitrogens with one attached hydrogen (secondary N) is 2. The van der Waals surface area contributed by atoms with Crippen molar-refractivity contribution in [3.8, 4) is 0 Å². The summed E-state index contributed by atoms with van der Waals surface area (Å²) in [4.78, 5) is 8.55. The van der Waals surface area contributed by atoms with Crippen molar-refractivity contribution in [2.75, 3.05) is 25.0 Å². The highest BCUT2D eigenvalue weighted by Gasteiger charge is 2.14. The smallest absolute Gasteiger partial charge is 0.222 e. The van der Waals surface area contributed by atoms with Gasteiger partial charge in [-0.25, -0.2) is 9.97 Å².